The third-order valence-corrected chi connectivity index (χ3v) is 3.36. The lowest BCUT2D eigenvalue weighted by Gasteiger charge is -2.14. The van der Waals surface area contributed by atoms with Gasteiger partial charge in [0.2, 0.25) is 0 Å². The van der Waals surface area contributed by atoms with E-state index < -0.39 is 0 Å². The van der Waals surface area contributed by atoms with E-state index in [2.05, 4.69) is 15.2 Å². The Kier molecular flexibility index (Phi) is 3.42. The van der Waals surface area contributed by atoms with Crippen LogP contribution in [0.1, 0.15) is 10.4 Å². The molecule has 3 rings (SSSR count). The highest BCUT2D eigenvalue weighted by Crippen LogP contribution is 2.26. The van der Waals surface area contributed by atoms with Crippen LogP contribution in [0, 0.1) is 0 Å². The summed E-state index contributed by atoms with van der Waals surface area (Å²) < 4.78 is 0. The number of hydrogen-bond acceptors (Lipinski definition) is 4. The van der Waals surface area contributed by atoms with E-state index in [1.54, 1.807) is 50.6 Å². The molecule has 3 aromatic rings. The fraction of sp³-hybridized carbons (Fsp3) is 0.125. The summed E-state index contributed by atoms with van der Waals surface area (Å²) in [5, 5.41) is 7.02. The number of nitrogens with one attached hydrogen (secondary N) is 1. The van der Waals surface area contributed by atoms with Crippen molar-refractivity contribution < 1.29 is 4.79 Å². The Morgan fingerprint density at radius 1 is 1.14 bits per heavy atom. The van der Waals surface area contributed by atoms with Gasteiger partial charge in [0, 0.05) is 31.4 Å². The van der Waals surface area contributed by atoms with Crippen molar-refractivity contribution in [3.63, 3.8) is 0 Å². The molecule has 0 saturated heterocycles. The van der Waals surface area contributed by atoms with E-state index in [-0.39, 0.29) is 11.5 Å². The van der Waals surface area contributed by atoms with E-state index in [0.29, 0.717) is 27.7 Å². The topological polar surface area (TPSA) is 79.0 Å². The number of carbonyl (C=O) groups is 1. The fourth-order valence-electron chi connectivity index (χ4n) is 2.30. The summed E-state index contributed by atoms with van der Waals surface area (Å²) >= 11 is 0. The molecule has 22 heavy (non-hydrogen) atoms. The number of aromatic amines is 1. The second kappa shape index (κ2) is 5.40. The van der Waals surface area contributed by atoms with Gasteiger partial charge in [-0.2, -0.15) is 5.10 Å². The van der Waals surface area contributed by atoms with E-state index in [1.807, 2.05) is 6.07 Å². The standard InChI is InChI=1S/C16H14N4O2/c1-20(2)16(22)11-7-4-3-6-10(11)14-13-12(8-5-9-17-13)15(21)19-18-14/h3-9H,1-2H3,(H,19,21). The molecule has 110 valence electrons. The number of hydrogen-bond donors (Lipinski definition) is 1. The summed E-state index contributed by atoms with van der Waals surface area (Å²) in [7, 11) is 3.38. The summed E-state index contributed by atoms with van der Waals surface area (Å²) in [5.74, 6) is -0.132. The highest BCUT2D eigenvalue weighted by Gasteiger charge is 2.18. The van der Waals surface area contributed by atoms with E-state index in [1.165, 1.54) is 4.90 Å². The molecule has 0 aliphatic heterocycles. The van der Waals surface area contributed by atoms with Crippen LogP contribution in [0.25, 0.3) is 22.2 Å². The number of amides is 1. The van der Waals surface area contributed by atoms with Crippen molar-refractivity contribution in [3.8, 4) is 11.3 Å². The lowest BCUT2D eigenvalue weighted by molar-refractivity contribution is 0.0828. The average molecular weight is 294 g/mol. The van der Waals surface area contributed by atoms with Crippen LogP contribution in [0.3, 0.4) is 0 Å². The van der Waals surface area contributed by atoms with Crippen molar-refractivity contribution in [1.82, 2.24) is 20.1 Å². The van der Waals surface area contributed by atoms with Crippen LogP contribution in [0.15, 0.2) is 47.4 Å². The van der Waals surface area contributed by atoms with E-state index in [0.717, 1.165) is 0 Å². The molecule has 2 aromatic heterocycles. The summed E-state index contributed by atoms with van der Waals surface area (Å²) in [5.41, 5.74) is 1.81. The van der Waals surface area contributed by atoms with Gasteiger partial charge < -0.3 is 4.90 Å². The molecular weight excluding hydrogens is 280 g/mol. The number of benzene rings is 1. The minimum Gasteiger partial charge on any atom is -0.345 e. The summed E-state index contributed by atoms with van der Waals surface area (Å²) in [6.45, 7) is 0. The summed E-state index contributed by atoms with van der Waals surface area (Å²) in [4.78, 5) is 30.0. The van der Waals surface area contributed by atoms with Gasteiger partial charge in [0.15, 0.2) is 0 Å². The van der Waals surface area contributed by atoms with Crippen molar-refractivity contribution in [2.75, 3.05) is 14.1 Å². The first kappa shape index (κ1) is 13.9. The van der Waals surface area contributed by atoms with Crippen molar-refractivity contribution >= 4 is 16.8 Å². The van der Waals surface area contributed by atoms with Crippen LogP contribution in [-0.2, 0) is 0 Å². The predicted octanol–water partition coefficient (Wildman–Crippen LogP) is 1.69. The van der Waals surface area contributed by atoms with Crippen molar-refractivity contribution in [2.45, 2.75) is 0 Å². The third kappa shape index (κ3) is 2.24. The van der Waals surface area contributed by atoms with Crippen LogP contribution in [0.2, 0.25) is 0 Å². The predicted molar refractivity (Wildman–Crippen MR) is 83.6 cm³/mol. The van der Waals surface area contributed by atoms with Crippen molar-refractivity contribution in [2.24, 2.45) is 0 Å². The summed E-state index contributed by atoms with van der Waals surface area (Å²) in [6, 6.07) is 10.5. The molecule has 0 unspecified atom stereocenters. The Hall–Kier alpha value is -3.02. The van der Waals surface area contributed by atoms with Crippen LogP contribution >= 0.6 is 0 Å². The number of rotatable bonds is 2. The molecule has 0 fully saturated rings. The number of aromatic nitrogens is 3. The van der Waals surface area contributed by atoms with Gasteiger partial charge in [0.05, 0.1) is 5.39 Å². The van der Waals surface area contributed by atoms with Gasteiger partial charge >= 0.3 is 0 Å². The van der Waals surface area contributed by atoms with Crippen molar-refractivity contribution in [1.29, 1.82) is 0 Å². The summed E-state index contributed by atoms with van der Waals surface area (Å²) in [6.07, 6.45) is 1.60. The van der Waals surface area contributed by atoms with Crippen LogP contribution in [-0.4, -0.2) is 40.1 Å². The molecule has 6 nitrogen and oxygen atoms in total. The fourth-order valence-corrected chi connectivity index (χ4v) is 2.30. The molecule has 1 N–H and O–H groups in total. The quantitative estimate of drug-likeness (QED) is 0.780. The Morgan fingerprint density at radius 2 is 1.91 bits per heavy atom. The second-order valence-corrected chi connectivity index (χ2v) is 5.05. The van der Waals surface area contributed by atoms with Gasteiger partial charge in [-0.05, 0) is 18.2 Å². The van der Waals surface area contributed by atoms with Crippen LogP contribution in [0.5, 0.6) is 0 Å². The number of fused-ring (bicyclic) bond motifs is 1. The van der Waals surface area contributed by atoms with Gasteiger partial charge in [-0.1, -0.05) is 18.2 Å². The minimum atomic E-state index is -0.303. The number of nitrogens with zero attached hydrogens (tertiary/aromatic N) is 3. The molecule has 0 aliphatic rings. The number of carbonyl (C=O) groups excluding carboxylic acids is 1. The van der Waals surface area contributed by atoms with Gasteiger partial charge in [0.25, 0.3) is 11.5 Å². The molecule has 0 atom stereocenters. The third-order valence-electron chi connectivity index (χ3n) is 3.36. The molecule has 1 aromatic carbocycles. The first-order valence-electron chi connectivity index (χ1n) is 6.74. The molecule has 6 heteroatoms. The van der Waals surface area contributed by atoms with Gasteiger partial charge in [-0.25, -0.2) is 5.10 Å². The van der Waals surface area contributed by atoms with E-state index in [4.69, 9.17) is 0 Å². The van der Waals surface area contributed by atoms with Crippen molar-refractivity contribution in [3.05, 3.63) is 58.5 Å². The molecule has 0 aliphatic carbocycles. The largest absolute Gasteiger partial charge is 0.345 e. The monoisotopic (exact) mass is 294 g/mol. The average Bonchev–Trinajstić information content (AvgIpc) is 2.55. The van der Waals surface area contributed by atoms with E-state index in [9.17, 15) is 9.59 Å². The first-order valence-corrected chi connectivity index (χ1v) is 6.74. The van der Waals surface area contributed by atoms with Crippen LogP contribution < -0.4 is 5.56 Å². The van der Waals surface area contributed by atoms with Gasteiger partial charge in [0.1, 0.15) is 11.2 Å². The Labute approximate surface area is 126 Å². The second-order valence-electron chi connectivity index (χ2n) is 5.05. The minimum absolute atomic E-state index is 0.132. The van der Waals surface area contributed by atoms with Crippen LogP contribution in [0.4, 0.5) is 0 Å². The first-order chi connectivity index (χ1) is 10.6. The molecule has 1 amide bonds. The maximum Gasteiger partial charge on any atom is 0.273 e. The zero-order chi connectivity index (χ0) is 15.7. The Balaban J connectivity index is 2.32. The Bertz CT molecular complexity index is 915. The zero-order valence-electron chi connectivity index (χ0n) is 12.2. The SMILES string of the molecule is CN(C)C(=O)c1ccccc1-c1n[nH]c(=O)c2cccnc12. The van der Waals surface area contributed by atoms with Gasteiger partial charge in [-0.3, -0.25) is 14.6 Å². The molecular formula is C16H14N4O2. The highest BCUT2D eigenvalue weighted by atomic mass is 16.2. The normalized spacial score (nSPS) is 10.6. The lowest BCUT2D eigenvalue weighted by Crippen LogP contribution is -2.22. The molecule has 2 heterocycles. The molecule has 0 spiro atoms. The highest BCUT2D eigenvalue weighted by molar-refractivity contribution is 6.03. The van der Waals surface area contributed by atoms with Gasteiger partial charge in [-0.15, -0.1) is 0 Å². The molecule has 0 radical (unpaired) electrons. The molecule has 0 saturated carbocycles. The maximum absolute atomic E-state index is 12.3. The number of H-pyrrole nitrogens is 1. The smallest absolute Gasteiger partial charge is 0.273 e. The van der Waals surface area contributed by atoms with E-state index >= 15 is 0 Å². The maximum atomic E-state index is 12.3. The molecule has 0 bridgehead atoms. The number of pyridine rings is 1. The Morgan fingerprint density at radius 3 is 2.68 bits per heavy atom. The zero-order valence-corrected chi connectivity index (χ0v) is 12.2. The lowest BCUT2D eigenvalue weighted by atomic mass is 10.0.